The lowest BCUT2D eigenvalue weighted by atomic mass is 10.1. The van der Waals surface area contributed by atoms with E-state index in [1.807, 2.05) is 0 Å². The summed E-state index contributed by atoms with van der Waals surface area (Å²) in [5.74, 6) is -0.852. The van der Waals surface area contributed by atoms with Gasteiger partial charge in [-0.25, -0.2) is 0 Å². The molecule has 0 radical (unpaired) electrons. The molecule has 0 bridgehead atoms. The molecule has 0 aliphatic carbocycles. The van der Waals surface area contributed by atoms with Gasteiger partial charge in [-0.15, -0.1) is 11.8 Å². The summed E-state index contributed by atoms with van der Waals surface area (Å²) in [4.78, 5) is 34.4. The normalized spacial score (nSPS) is 10.1. The minimum atomic E-state index is -0.619. The Morgan fingerprint density at radius 2 is 2.00 bits per heavy atom. The molecule has 0 atom stereocenters. The molecule has 2 amide bonds. The number of nitrogens with one attached hydrogen (secondary N) is 1. The Balaban J connectivity index is 2.24. The van der Waals surface area contributed by atoms with E-state index in [0.29, 0.717) is 10.6 Å². The topological polar surface area (TPSA) is 125 Å². The van der Waals surface area contributed by atoms with Gasteiger partial charge in [-0.05, 0) is 24.3 Å². The van der Waals surface area contributed by atoms with Gasteiger partial charge in [-0.1, -0.05) is 12.1 Å². The van der Waals surface area contributed by atoms with E-state index in [0.717, 1.165) is 6.07 Å². The highest BCUT2D eigenvalue weighted by atomic mass is 32.2. The quantitative estimate of drug-likeness (QED) is 0.443. The fraction of sp³-hybridized carbons (Fsp3) is 0.125. The summed E-state index contributed by atoms with van der Waals surface area (Å²) >= 11 is 1.19. The number of nitro benzene ring substituents is 1. The molecule has 2 rings (SSSR count). The van der Waals surface area contributed by atoms with Crippen molar-refractivity contribution in [2.24, 2.45) is 5.73 Å². The molecule has 0 aliphatic heterocycles. The summed E-state index contributed by atoms with van der Waals surface area (Å²) in [5.41, 5.74) is 5.43. The predicted molar refractivity (Wildman–Crippen MR) is 94.0 cm³/mol. The first-order valence-electron chi connectivity index (χ1n) is 7.06. The lowest BCUT2D eigenvalue weighted by molar-refractivity contribution is -0.385. The van der Waals surface area contributed by atoms with Gasteiger partial charge in [0.05, 0.1) is 23.5 Å². The van der Waals surface area contributed by atoms with Crippen LogP contribution >= 0.6 is 11.8 Å². The number of benzene rings is 2. The molecule has 0 spiro atoms. The summed E-state index contributed by atoms with van der Waals surface area (Å²) in [6.07, 6.45) is 0. The van der Waals surface area contributed by atoms with Crippen LogP contribution in [-0.4, -0.2) is 29.6 Å². The van der Waals surface area contributed by atoms with Gasteiger partial charge < -0.3 is 15.8 Å². The fourth-order valence-electron chi connectivity index (χ4n) is 2.01. The second-order valence-corrected chi connectivity index (χ2v) is 5.87. The number of rotatable bonds is 7. The first-order valence-corrected chi connectivity index (χ1v) is 8.05. The van der Waals surface area contributed by atoms with E-state index < -0.39 is 16.7 Å². The third-order valence-electron chi connectivity index (χ3n) is 3.14. The minimum absolute atomic E-state index is 0.0685. The standard InChI is InChI=1S/C16H15N3O5S/c1-24-13-7-6-10(8-12(13)19(22)23)16(21)18-11-4-2-3-5-14(11)25-9-15(17)20/h2-8H,9H2,1H3,(H2,17,20)(H,18,21). The van der Waals surface area contributed by atoms with E-state index in [9.17, 15) is 19.7 Å². The molecule has 2 aromatic rings. The van der Waals surface area contributed by atoms with Gasteiger partial charge in [-0.2, -0.15) is 0 Å². The third-order valence-corrected chi connectivity index (χ3v) is 4.24. The van der Waals surface area contributed by atoms with Crippen molar-refractivity contribution in [1.29, 1.82) is 0 Å². The molecule has 0 aliphatic rings. The van der Waals surface area contributed by atoms with E-state index in [1.54, 1.807) is 24.3 Å². The van der Waals surface area contributed by atoms with Crippen LogP contribution in [0.3, 0.4) is 0 Å². The molecule has 0 heterocycles. The van der Waals surface area contributed by atoms with Crippen molar-refractivity contribution < 1.29 is 19.2 Å². The van der Waals surface area contributed by atoms with Crippen molar-refractivity contribution in [3.8, 4) is 5.75 Å². The number of carbonyl (C=O) groups excluding carboxylic acids is 2. The molecule has 25 heavy (non-hydrogen) atoms. The average molecular weight is 361 g/mol. The predicted octanol–water partition coefficient (Wildman–Crippen LogP) is 2.43. The largest absolute Gasteiger partial charge is 0.490 e. The van der Waals surface area contributed by atoms with Crippen molar-refractivity contribution in [3.05, 3.63) is 58.1 Å². The van der Waals surface area contributed by atoms with Crippen LogP contribution in [0.1, 0.15) is 10.4 Å². The fourth-order valence-corrected chi connectivity index (χ4v) is 2.76. The number of para-hydroxylation sites is 1. The Morgan fingerprint density at radius 3 is 2.64 bits per heavy atom. The van der Waals surface area contributed by atoms with Crippen molar-refractivity contribution in [2.75, 3.05) is 18.2 Å². The number of anilines is 1. The van der Waals surface area contributed by atoms with Gasteiger partial charge in [0.2, 0.25) is 5.91 Å². The minimum Gasteiger partial charge on any atom is -0.490 e. The van der Waals surface area contributed by atoms with Crippen LogP contribution in [0.15, 0.2) is 47.4 Å². The van der Waals surface area contributed by atoms with Crippen LogP contribution in [0.2, 0.25) is 0 Å². The Labute approximate surface area is 147 Å². The molecule has 0 aromatic heterocycles. The van der Waals surface area contributed by atoms with Crippen LogP contribution in [-0.2, 0) is 4.79 Å². The van der Waals surface area contributed by atoms with E-state index in [4.69, 9.17) is 10.5 Å². The van der Waals surface area contributed by atoms with E-state index in [-0.39, 0.29) is 22.8 Å². The SMILES string of the molecule is COc1ccc(C(=O)Nc2ccccc2SCC(N)=O)cc1[N+](=O)[O-]. The number of ether oxygens (including phenoxy) is 1. The van der Waals surface area contributed by atoms with Crippen molar-refractivity contribution in [2.45, 2.75) is 4.90 Å². The number of nitrogens with zero attached hydrogens (tertiary/aromatic N) is 1. The average Bonchev–Trinajstić information content (AvgIpc) is 2.60. The Morgan fingerprint density at radius 1 is 1.28 bits per heavy atom. The Bertz CT molecular complexity index is 825. The lowest BCUT2D eigenvalue weighted by Gasteiger charge is -2.10. The zero-order valence-corrected chi connectivity index (χ0v) is 14.0. The number of primary amides is 1. The van der Waals surface area contributed by atoms with Gasteiger partial charge in [0.1, 0.15) is 0 Å². The molecule has 2 aromatic carbocycles. The van der Waals surface area contributed by atoms with Crippen LogP contribution in [0, 0.1) is 10.1 Å². The number of nitrogens with two attached hydrogens (primary N) is 1. The van der Waals surface area contributed by atoms with E-state index in [1.165, 1.54) is 31.0 Å². The van der Waals surface area contributed by atoms with Gasteiger partial charge >= 0.3 is 5.69 Å². The lowest BCUT2D eigenvalue weighted by Crippen LogP contribution is -2.15. The maximum atomic E-state index is 12.4. The second kappa shape index (κ2) is 8.15. The number of amides is 2. The van der Waals surface area contributed by atoms with Crippen molar-refractivity contribution in [1.82, 2.24) is 0 Å². The smallest absolute Gasteiger partial charge is 0.311 e. The highest BCUT2D eigenvalue weighted by molar-refractivity contribution is 8.00. The van der Waals surface area contributed by atoms with Crippen molar-refractivity contribution >= 4 is 35.0 Å². The Kier molecular flexibility index (Phi) is 5.96. The van der Waals surface area contributed by atoms with Gasteiger partial charge in [0.15, 0.2) is 5.75 Å². The number of carbonyl (C=O) groups is 2. The maximum Gasteiger partial charge on any atom is 0.311 e. The van der Waals surface area contributed by atoms with E-state index >= 15 is 0 Å². The van der Waals surface area contributed by atoms with Crippen LogP contribution in [0.25, 0.3) is 0 Å². The number of hydrogen-bond acceptors (Lipinski definition) is 6. The van der Waals surface area contributed by atoms with E-state index in [2.05, 4.69) is 5.32 Å². The molecule has 3 N–H and O–H groups in total. The summed E-state index contributed by atoms with van der Waals surface area (Å²) in [7, 11) is 1.31. The third kappa shape index (κ3) is 4.70. The highest BCUT2D eigenvalue weighted by Crippen LogP contribution is 2.30. The monoisotopic (exact) mass is 361 g/mol. The Hall–Kier alpha value is -3.07. The zero-order chi connectivity index (χ0) is 18.4. The van der Waals surface area contributed by atoms with Gasteiger partial charge in [0, 0.05) is 16.5 Å². The number of hydrogen-bond donors (Lipinski definition) is 2. The van der Waals surface area contributed by atoms with Crippen molar-refractivity contribution in [3.63, 3.8) is 0 Å². The van der Waals surface area contributed by atoms with Crippen LogP contribution < -0.4 is 15.8 Å². The zero-order valence-electron chi connectivity index (χ0n) is 13.2. The number of nitro groups is 1. The molecular weight excluding hydrogens is 346 g/mol. The summed E-state index contributed by atoms with van der Waals surface area (Å²) in [6, 6.07) is 10.8. The van der Waals surface area contributed by atoms with Gasteiger partial charge in [-0.3, -0.25) is 19.7 Å². The summed E-state index contributed by atoms with van der Waals surface area (Å²) in [6.45, 7) is 0. The molecular formula is C16H15N3O5S. The second-order valence-electron chi connectivity index (χ2n) is 4.85. The van der Waals surface area contributed by atoms with Gasteiger partial charge in [0.25, 0.3) is 5.91 Å². The first-order chi connectivity index (χ1) is 11.9. The number of thioether (sulfide) groups is 1. The molecule has 8 nitrogen and oxygen atoms in total. The number of methoxy groups -OCH3 is 1. The molecule has 0 fully saturated rings. The molecule has 0 saturated carbocycles. The molecule has 0 saturated heterocycles. The highest BCUT2D eigenvalue weighted by Gasteiger charge is 2.18. The molecule has 130 valence electrons. The summed E-state index contributed by atoms with van der Waals surface area (Å²) < 4.78 is 4.91. The molecule has 9 heteroatoms. The van der Waals surface area contributed by atoms with Crippen LogP contribution in [0.5, 0.6) is 5.75 Å². The van der Waals surface area contributed by atoms with Crippen LogP contribution in [0.4, 0.5) is 11.4 Å². The first kappa shape index (κ1) is 18.3. The maximum absolute atomic E-state index is 12.4. The molecule has 0 unspecified atom stereocenters. The summed E-state index contributed by atoms with van der Waals surface area (Å²) in [5, 5.41) is 13.7.